The second-order valence-corrected chi connectivity index (χ2v) is 7.11. The number of nitrogens with zero attached hydrogens (tertiary/aromatic N) is 1. The Labute approximate surface area is 158 Å². The summed E-state index contributed by atoms with van der Waals surface area (Å²) in [5.74, 6) is 2.10. The number of hydrogen-bond donors (Lipinski definition) is 0. The van der Waals surface area contributed by atoms with Crippen molar-refractivity contribution >= 4 is 28.6 Å². The molecule has 4 nitrogen and oxygen atoms in total. The van der Waals surface area contributed by atoms with Crippen LogP contribution in [0.3, 0.4) is 0 Å². The van der Waals surface area contributed by atoms with Crippen LogP contribution in [0.5, 0.6) is 5.75 Å². The molecule has 1 unspecified atom stereocenters. The number of carbonyl (C=O) groups is 1. The molecule has 0 bridgehead atoms. The van der Waals surface area contributed by atoms with Crippen molar-refractivity contribution in [3.8, 4) is 5.75 Å². The Morgan fingerprint density at radius 2 is 1.92 bits per heavy atom. The monoisotopic (exact) mass is 369 g/mol. The summed E-state index contributed by atoms with van der Waals surface area (Å²) in [5.41, 5.74) is 0.846. The van der Waals surface area contributed by atoms with Gasteiger partial charge in [0.25, 0.3) is 0 Å². The molecule has 0 radical (unpaired) electrons. The first-order chi connectivity index (χ1) is 12.6. The third-order valence-corrected chi connectivity index (χ3v) is 5.32. The maximum Gasteiger partial charge on any atom is 0.233 e. The van der Waals surface area contributed by atoms with E-state index in [2.05, 4.69) is 0 Å². The van der Waals surface area contributed by atoms with Gasteiger partial charge in [-0.25, -0.2) is 0 Å². The predicted octanol–water partition coefficient (Wildman–Crippen LogP) is 5.14. The Morgan fingerprint density at radius 3 is 2.62 bits per heavy atom. The lowest BCUT2D eigenvalue weighted by molar-refractivity contribution is -0.129. The average molecular weight is 369 g/mol. The van der Waals surface area contributed by atoms with Crippen molar-refractivity contribution < 1.29 is 13.9 Å². The molecule has 2 aromatic carbocycles. The van der Waals surface area contributed by atoms with Crippen LogP contribution < -0.4 is 4.74 Å². The fourth-order valence-electron chi connectivity index (χ4n) is 2.66. The SMILES string of the molecule is CCOc1ccc(SCC(=O)N(C)C(C)c2cc3ccccc3o2)cc1. The van der Waals surface area contributed by atoms with Gasteiger partial charge in [-0.05, 0) is 50.2 Å². The van der Waals surface area contributed by atoms with E-state index in [4.69, 9.17) is 9.15 Å². The molecule has 0 saturated heterocycles. The molecule has 0 spiro atoms. The summed E-state index contributed by atoms with van der Waals surface area (Å²) in [7, 11) is 1.82. The third kappa shape index (κ3) is 4.22. The molecule has 0 saturated carbocycles. The van der Waals surface area contributed by atoms with Crippen LogP contribution in [0.1, 0.15) is 25.6 Å². The van der Waals surface area contributed by atoms with E-state index >= 15 is 0 Å². The van der Waals surface area contributed by atoms with E-state index in [1.165, 1.54) is 11.8 Å². The summed E-state index contributed by atoms with van der Waals surface area (Å²) in [4.78, 5) is 15.3. The van der Waals surface area contributed by atoms with Gasteiger partial charge in [0.2, 0.25) is 5.91 Å². The first-order valence-electron chi connectivity index (χ1n) is 8.68. The van der Waals surface area contributed by atoms with Crippen LogP contribution in [-0.4, -0.2) is 30.2 Å². The highest BCUT2D eigenvalue weighted by molar-refractivity contribution is 8.00. The van der Waals surface area contributed by atoms with Gasteiger partial charge in [0.05, 0.1) is 18.4 Å². The lowest BCUT2D eigenvalue weighted by Gasteiger charge is -2.23. The molecular formula is C21H23NO3S. The average Bonchev–Trinajstić information content (AvgIpc) is 3.10. The third-order valence-electron chi connectivity index (χ3n) is 4.33. The molecule has 0 aliphatic heterocycles. The lowest BCUT2D eigenvalue weighted by atomic mass is 10.2. The Balaban J connectivity index is 1.59. The summed E-state index contributed by atoms with van der Waals surface area (Å²) in [6.45, 7) is 4.59. The van der Waals surface area contributed by atoms with Crippen molar-refractivity contribution in [2.75, 3.05) is 19.4 Å². The number of benzene rings is 2. The Kier molecular flexibility index (Phi) is 5.89. The summed E-state index contributed by atoms with van der Waals surface area (Å²) in [5, 5.41) is 1.05. The van der Waals surface area contributed by atoms with Crippen LogP contribution in [0.25, 0.3) is 11.0 Å². The van der Waals surface area contributed by atoms with E-state index < -0.39 is 0 Å². The number of fused-ring (bicyclic) bond motifs is 1. The minimum atomic E-state index is -0.115. The largest absolute Gasteiger partial charge is 0.494 e. The van der Waals surface area contributed by atoms with E-state index in [1.807, 2.05) is 75.5 Å². The van der Waals surface area contributed by atoms with Crippen molar-refractivity contribution in [3.63, 3.8) is 0 Å². The highest BCUT2D eigenvalue weighted by Gasteiger charge is 2.20. The number of amides is 1. The summed E-state index contributed by atoms with van der Waals surface area (Å²) in [6.07, 6.45) is 0. The van der Waals surface area contributed by atoms with E-state index in [9.17, 15) is 4.79 Å². The molecule has 1 aromatic heterocycles. The van der Waals surface area contributed by atoms with Gasteiger partial charge < -0.3 is 14.1 Å². The first kappa shape index (κ1) is 18.4. The first-order valence-corrected chi connectivity index (χ1v) is 9.67. The smallest absolute Gasteiger partial charge is 0.233 e. The number of hydrogen-bond acceptors (Lipinski definition) is 4. The molecule has 0 aliphatic rings. The maximum atomic E-state index is 12.6. The van der Waals surface area contributed by atoms with Crippen LogP contribution >= 0.6 is 11.8 Å². The van der Waals surface area contributed by atoms with Gasteiger partial charge in [-0.15, -0.1) is 11.8 Å². The molecule has 1 amide bonds. The molecule has 1 atom stereocenters. The van der Waals surface area contributed by atoms with Crippen molar-refractivity contribution in [2.24, 2.45) is 0 Å². The molecule has 136 valence electrons. The highest BCUT2D eigenvalue weighted by Crippen LogP contribution is 2.28. The molecule has 3 aromatic rings. The zero-order valence-corrected chi connectivity index (χ0v) is 16.1. The second kappa shape index (κ2) is 8.32. The van der Waals surface area contributed by atoms with Crippen molar-refractivity contribution in [1.29, 1.82) is 0 Å². The molecular weight excluding hydrogens is 346 g/mol. The van der Waals surface area contributed by atoms with E-state index in [0.29, 0.717) is 12.4 Å². The second-order valence-electron chi connectivity index (χ2n) is 6.06. The van der Waals surface area contributed by atoms with Crippen LogP contribution in [-0.2, 0) is 4.79 Å². The van der Waals surface area contributed by atoms with Gasteiger partial charge in [-0.1, -0.05) is 18.2 Å². The zero-order chi connectivity index (χ0) is 18.5. The number of thioether (sulfide) groups is 1. The van der Waals surface area contributed by atoms with Gasteiger partial charge in [-0.2, -0.15) is 0 Å². The minimum absolute atomic E-state index is 0.0665. The van der Waals surface area contributed by atoms with Crippen LogP contribution in [0.2, 0.25) is 0 Å². The Bertz CT molecular complexity index is 839. The number of ether oxygens (including phenoxy) is 1. The molecule has 1 heterocycles. The minimum Gasteiger partial charge on any atom is -0.494 e. The molecule has 5 heteroatoms. The quantitative estimate of drug-likeness (QED) is 0.541. The summed E-state index contributed by atoms with van der Waals surface area (Å²) >= 11 is 1.52. The van der Waals surface area contributed by atoms with Gasteiger partial charge in [0.15, 0.2) is 0 Å². The van der Waals surface area contributed by atoms with Gasteiger partial charge >= 0.3 is 0 Å². The molecule has 26 heavy (non-hydrogen) atoms. The van der Waals surface area contributed by atoms with Gasteiger partial charge in [0, 0.05) is 17.3 Å². The number of para-hydroxylation sites is 1. The number of rotatable bonds is 7. The number of carbonyl (C=O) groups excluding carboxylic acids is 1. The van der Waals surface area contributed by atoms with Gasteiger partial charge in [0.1, 0.15) is 17.1 Å². The molecule has 0 aliphatic carbocycles. The number of furan rings is 1. The summed E-state index contributed by atoms with van der Waals surface area (Å²) in [6, 6.07) is 17.6. The normalized spacial score (nSPS) is 12.1. The van der Waals surface area contributed by atoms with Crippen molar-refractivity contribution in [1.82, 2.24) is 4.90 Å². The zero-order valence-electron chi connectivity index (χ0n) is 15.3. The van der Waals surface area contributed by atoms with Crippen LogP contribution in [0.4, 0.5) is 0 Å². The highest BCUT2D eigenvalue weighted by atomic mass is 32.2. The molecule has 0 N–H and O–H groups in total. The fourth-order valence-corrected chi connectivity index (χ4v) is 3.48. The van der Waals surface area contributed by atoms with Crippen molar-refractivity contribution in [2.45, 2.75) is 24.8 Å². The topological polar surface area (TPSA) is 42.7 Å². The molecule has 3 rings (SSSR count). The van der Waals surface area contributed by atoms with Crippen LogP contribution in [0.15, 0.2) is 63.9 Å². The Hall–Kier alpha value is -2.40. The van der Waals surface area contributed by atoms with Crippen molar-refractivity contribution in [3.05, 3.63) is 60.4 Å². The van der Waals surface area contributed by atoms with E-state index in [1.54, 1.807) is 4.90 Å². The Morgan fingerprint density at radius 1 is 1.19 bits per heavy atom. The van der Waals surface area contributed by atoms with E-state index in [-0.39, 0.29) is 11.9 Å². The summed E-state index contributed by atoms with van der Waals surface area (Å²) < 4.78 is 11.3. The van der Waals surface area contributed by atoms with E-state index in [0.717, 1.165) is 27.4 Å². The predicted molar refractivity (Wildman–Crippen MR) is 106 cm³/mol. The fraction of sp³-hybridized carbons (Fsp3) is 0.286. The van der Waals surface area contributed by atoms with Crippen LogP contribution in [0, 0.1) is 0 Å². The lowest BCUT2D eigenvalue weighted by Crippen LogP contribution is -2.30. The maximum absolute atomic E-state index is 12.6. The van der Waals surface area contributed by atoms with Gasteiger partial charge in [-0.3, -0.25) is 4.79 Å². The standard InChI is InChI=1S/C21H23NO3S/c1-4-24-17-9-11-18(12-10-17)26-14-21(23)22(3)15(2)20-13-16-7-5-6-8-19(16)25-20/h5-13,15H,4,14H2,1-3H3. The molecule has 0 fully saturated rings.